The smallest absolute Gasteiger partial charge is 0.00775 e. The molecule has 0 fully saturated rings. The minimum Gasteiger partial charge on any atom is -0.317 e. The molecule has 0 heterocycles. The highest BCUT2D eigenvalue weighted by atomic mass is 31.0. The molecule has 0 spiro atoms. The van der Waals surface area contributed by atoms with E-state index < -0.39 is 0 Å². The molecular weight excluding hydrogens is 237 g/mol. The monoisotopic (exact) mass is 261 g/mol. The summed E-state index contributed by atoms with van der Waals surface area (Å²) in [6.07, 6.45) is 0. The third-order valence-electron chi connectivity index (χ3n) is 2.38. The predicted octanol–water partition coefficient (Wildman–Crippen LogP) is 4.03. The highest BCUT2D eigenvalue weighted by molar-refractivity contribution is 6.92. The maximum atomic E-state index is 3.11. The van der Waals surface area contributed by atoms with Gasteiger partial charge >= 0.3 is 0 Å². The van der Waals surface area contributed by atoms with E-state index in [-0.39, 0.29) is 9.90 Å². The van der Waals surface area contributed by atoms with E-state index in [1.807, 2.05) is 12.1 Å². The van der Waals surface area contributed by atoms with E-state index in [9.17, 15) is 0 Å². The quantitative estimate of drug-likeness (QED) is 0.823. The number of benzene rings is 2. The third kappa shape index (κ3) is 6.54. The molecule has 0 aliphatic rings. The first kappa shape index (κ1) is 16.8. The van der Waals surface area contributed by atoms with Gasteiger partial charge in [-0.15, -0.1) is 0 Å². The Hall–Kier alpha value is -1.17. The fraction of sp³-hybridized carbons (Fsp3) is 0.250. The van der Waals surface area contributed by atoms with Gasteiger partial charge in [0.25, 0.3) is 0 Å². The van der Waals surface area contributed by atoms with E-state index in [2.05, 4.69) is 67.7 Å². The molecular formula is C16H24NP. The van der Waals surface area contributed by atoms with Crippen molar-refractivity contribution in [3.05, 3.63) is 60.7 Å². The van der Waals surface area contributed by atoms with E-state index >= 15 is 0 Å². The first-order valence-electron chi connectivity index (χ1n) is 6.19. The molecule has 18 heavy (non-hydrogen) atoms. The molecule has 1 nitrogen and oxygen atoms in total. The largest absolute Gasteiger partial charge is 0.317 e. The molecule has 98 valence electrons. The normalized spacial score (nSPS) is 8.78. The predicted molar refractivity (Wildman–Crippen MR) is 87.2 cm³/mol. The zero-order valence-electron chi connectivity index (χ0n) is 11.4. The minimum absolute atomic E-state index is 0. The van der Waals surface area contributed by atoms with Gasteiger partial charge < -0.3 is 5.32 Å². The summed E-state index contributed by atoms with van der Waals surface area (Å²) < 4.78 is 0. The maximum absolute atomic E-state index is 3.11. The van der Waals surface area contributed by atoms with Crippen LogP contribution in [0.1, 0.15) is 13.8 Å². The summed E-state index contributed by atoms with van der Waals surface area (Å²) in [5.74, 6) is 0. The molecule has 2 heteroatoms. The van der Waals surface area contributed by atoms with Gasteiger partial charge in [-0.3, -0.25) is 0 Å². The van der Waals surface area contributed by atoms with E-state index in [4.69, 9.17) is 0 Å². The van der Waals surface area contributed by atoms with Crippen LogP contribution in [0.3, 0.4) is 0 Å². The SMILES string of the molecule is CCNCC.P.c1ccc(-c2ccccc2)cc1. The Balaban J connectivity index is 0.000000421. The Morgan fingerprint density at radius 1 is 0.667 bits per heavy atom. The van der Waals surface area contributed by atoms with Crippen molar-refractivity contribution in [1.82, 2.24) is 5.32 Å². The van der Waals surface area contributed by atoms with Gasteiger partial charge in [0.2, 0.25) is 0 Å². The number of hydrogen-bond acceptors (Lipinski definition) is 1. The van der Waals surface area contributed by atoms with Crippen molar-refractivity contribution in [2.24, 2.45) is 0 Å². The highest BCUT2D eigenvalue weighted by Crippen LogP contribution is 2.17. The molecule has 0 bridgehead atoms. The van der Waals surface area contributed by atoms with Gasteiger partial charge in [-0.1, -0.05) is 74.5 Å². The van der Waals surface area contributed by atoms with Crippen molar-refractivity contribution in [3.8, 4) is 11.1 Å². The first-order valence-corrected chi connectivity index (χ1v) is 6.19. The van der Waals surface area contributed by atoms with Crippen molar-refractivity contribution in [1.29, 1.82) is 0 Å². The second kappa shape index (κ2) is 11.0. The standard InChI is InChI=1S/C12H10.C4H11N.H3P/c1-3-7-11(8-4-1)12-9-5-2-6-10-12;1-3-5-4-2;/h1-10H;5H,3-4H2,1-2H3;1H3. The van der Waals surface area contributed by atoms with Crippen LogP contribution in [0.5, 0.6) is 0 Å². The van der Waals surface area contributed by atoms with Crippen LogP contribution in [0, 0.1) is 0 Å². The van der Waals surface area contributed by atoms with Crippen LogP contribution in [0.2, 0.25) is 0 Å². The number of rotatable bonds is 3. The molecule has 0 saturated heterocycles. The van der Waals surface area contributed by atoms with Crippen LogP contribution in [0.4, 0.5) is 0 Å². The molecule has 2 rings (SSSR count). The second-order valence-corrected chi connectivity index (χ2v) is 3.69. The molecule has 2 aromatic rings. The van der Waals surface area contributed by atoms with Gasteiger partial charge in [0.05, 0.1) is 0 Å². The molecule has 1 unspecified atom stereocenters. The average molecular weight is 261 g/mol. The molecule has 1 N–H and O–H groups in total. The lowest BCUT2D eigenvalue weighted by Crippen LogP contribution is -2.09. The van der Waals surface area contributed by atoms with Crippen LogP contribution < -0.4 is 5.32 Å². The van der Waals surface area contributed by atoms with E-state index in [1.54, 1.807) is 0 Å². The minimum atomic E-state index is 0. The van der Waals surface area contributed by atoms with Crippen molar-refractivity contribution < 1.29 is 0 Å². The molecule has 0 aromatic heterocycles. The second-order valence-electron chi connectivity index (χ2n) is 3.69. The Labute approximate surface area is 114 Å². The lowest BCUT2D eigenvalue weighted by Gasteiger charge is -1.98. The molecule has 0 aliphatic carbocycles. The third-order valence-corrected chi connectivity index (χ3v) is 2.38. The van der Waals surface area contributed by atoms with Gasteiger partial charge in [0.15, 0.2) is 0 Å². The van der Waals surface area contributed by atoms with Gasteiger partial charge in [-0.2, -0.15) is 9.90 Å². The topological polar surface area (TPSA) is 12.0 Å². The van der Waals surface area contributed by atoms with Gasteiger partial charge in [-0.05, 0) is 24.2 Å². The summed E-state index contributed by atoms with van der Waals surface area (Å²) in [7, 11) is 0. The van der Waals surface area contributed by atoms with Crippen molar-refractivity contribution in [2.45, 2.75) is 13.8 Å². The lowest BCUT2D eigenvalue weighted by atomic mass is 10.1. The van der Waals surface area contributed by atoms with Gasteiger partial charge in [0, 0.05) is 0 Å². The van der Waals surface area contributed by atoms with E-state index in [0.717, 1.165) is 13.1 Å². The van der Waals surface area contributed by atoms with E-state index in [0.29, 0.717) is 0 Å². The first-order chi connectivity index (χ1) is 8.38. The van der Waals surface area contributed by atoms with E-state index in [1.165, 1.54) is 11.1 Å². The maximum Gasteiger partial charge on any atom is -0.00775 e. The van der Waals surface area contributed by atoms with Crippen molar-refractivity contribution in [2.75, 3.05) is 13.1 Å². The molecule has 0 saturated carbocycles. The Morgan fingerprint density at radius 2 is 1.00 bits per heavy atom. The fourth-order valence-electron chi connectivity index (χ4n) is 1.51. The van der Waals surface area contributed by atoms with Gasteiger partial charge in [0.1, 0.15) is 0 Å². The molecule has 1 atom stereocenters. The molecule has 0 amide bonds. The Bertz CT molecular complexity index is 347. The summed E-state index contributed by atoms with van der Waals surface area (Å²) in [5, 5.41) is 3.11. The van der Waals surface area contributed by atoms with Crippen LogP contribution in [0.25, 0.3) is 11.1 Å². The number of hydrogen-bond donors (Lipinski definition) is 1. The average Bonchev–Trinajstić information content (AvgIpc) is 2.42. The summed E-state index contributed by atoms with van der Waals surface area (Å²) in [5.41, 5.74) is 2.55. The van der Waals surface area contributed by atoms with Crippen molar-refractivity contribution >= 4 is 9.90 Å². The van der Waals surface area contributed by atoms with Gasteiger partial charge in [-0.25, -0.2) is 0 Å². The number of nitrogens with one attached hydrogen (secondary N) is 1. The van der Waals surface area contributed by atoms with Crippen LogP contribution in [-0.4, -0.2) is 13.1 Å². The highest BCUT2D eigenvalue weighted by Gasteiger charge is 1.91. The fourth-order valence-corrected chi connectivity index (χ4v) is 1.51. The molecule has 2 aromatic carbocycles. The Kier molecular flexibility index (Phi) is 10.2. The van der Waals surface area contributed by atoms with Crippen LogP contribution >= 0.6 is 9.90 Å². The van der Waals surface area contributed by atoms with Crippen LogP contribution in [-0.2, 0) is 0 Å². The zero-order valence-corrected chi connectivity index (χ0v) is 12.8. The Morgan fingerprint density at radius 3 is 1.22 bits per heavy atom. The molecule has 0 aliphatic heterocycles. The summed E-state index contributed by atoms with van der Waals surface area (Å²) in [4.78, 5) is 0. The lowest BCUT2D eigenvalue weighted by molar-refractivity contribution is 0.762. The summed E-state index contributed by atoms with van der Waals surface area (Å²) in [6, 6.07) is 20.8. The van der Waals surface area contributed by atoms with Crippen LogP contribution in [0.15, 0.2) is 60.7 Å². The summed E-state index contributed by atoms with van der Waals surface area (Å²) in [6.45, 7) is 6.39. The van der Waals surface area contributed by atoms with Crippen molar-refractivity contribution in [3.63, 3.8) is 0 Å². The zero-order chi connectivity index (χ0) is 12.3. The molecule has 0 radical (unpaired) electrons. The summed E-state index contributed by atoms with van der Waals surface area (Å²) >= 11 is 0.